The number of hydrogen-bond acceptors (Lipinski definition) is 3. The van der Waals surface area contributed by atoms with E-state index in [1.54, 1.807) is 24.2 Å². The van der Waals surface area contributed by atoms with Gasteiger partial charge in [-0.25, -0.2) is 0 Å². The number of amides is 1. The van der Waals surface area contributed by atoms with E-state index in [1.165, 1.54) is 6.08 Å². The lowest BCUT2D eigenvalue weighted by atomic mass is 9.76. The number of hydrogen-bond donors (Lipinski definition) is 0. The van der Waals surface area contributed by atoms with Crippen LogP contribution in [0.2, 0.25) is 0 Å². The number of nitriles is 1. The molecule has 0 saturated heterocycles. The second-order valence-electron chi connectivity index (χ2n) is 5.65. The quantitative estimate of drug-likeness (QED) is 0.816. The SMILES string of the molecule is CN(C(=O)/C=C/c1cccc2cccnc12)C1(C#N)CCC1. The minimum absolute atomic E-state index is 0.144. The molecule has 1 fully saturated rings. The number of likely N-dealkylation sites (N-methyl/N-ethyl adjacent to an activating group) is 1. The number of fused-ring (bicyclic) bond motifs is 1. The molecule has 2 aromatic rings. The van der Waals surface area contributed by atoms with Crippen LogP contribution >= 0.6 is 0 Å². The predicted octanol–water partition coefficient (Wildman–Crippen LogP) is 3.15. The zero-order valence-electron chi connectivity index (χ0n) is 12.5. The smallest absolute Gasteiger partial charge is 0.247 e. The van der Waals surface area contributed by atoms with Crippen molar-refractivity contribution >= 4 is 22.9 Å². The Morgan fingerprint density at radius 1 is 1.36 bits per heavy atom. The van der Waals surface area contributed by atoms with Gasteiger partial charge in [-0.05, 0) is 31.4 Å². The molecular weight excluding hydrogens is 274 g/mol. The van der Waals surface area contributed by atoms with Gasteiger partial charge in [0.15, 0.2) is 0 Å². The van der Waals surface area contributed by atoms with Crippen molar-refractivity contribution in [1.82, 2.24) is 9.88 Å². The molecule has 1 heterocycles. The first-order valence-corrected chi connectivity index (χ1v) is 7.37. The number of para-hydroxylation sites is 1. The van der Waals surface area contributed by atoms with Crippen LogP contribution in [0.5, 0.6) is 0 Å². The molecule has 0 aliphatic heterocycles. The van der Waals surface area contributed by atoms with Crippen LogP contribution in [0.3, 0.4) is 0 Å². The maximum Gasteiger partial charge on any atom is 0.247 e. The van der Waals surface area contributed by atoms with E-state index in [9.17, 15) is 10.1 Å². The van der Waals surface area contributed by atoms with Crippen molar-refractivity contribution in [2.24, 2.45) is 0 Å². The Balaban J connectivity index is 1.84. The molecule has 3 rings (SSSR count). The van der Waals surface area contributed by atoms with Gasteiger partial charge in [0.25, 0.3) is 0 Å². The van der Waals surface area contributed by atoms with Gasteiger partial charge in [-0.15, -0.1) is 0 Å². The molecule has 0 unspecified atom stereocenters. The number of nitrogens with zero attached hydrogens (tertiary/aromatic N) is 3. The summed E-state index contributed by atoms with van der Waals surface area (Å²) in [6.07, 6.45) is 7.57. The van der Waals surface area contributed by atoms with Crippen molar-refractivity contribution in [3.8, 4) is 6.07 Å². The van der Waals surface area contributed by atoms with E-state index in [2.05, 4.69) is 11.1 Å². The van der Waals surface area contributed by atoms with Gasteiger partial charge < -0.3 is 4.90 Å². The summed E-state index contributed by atoms with van der Waals surface area (Å²) >= 11 is 0. The van der Waals surface area contributed by atoms with Crippen LogP contribution < -0.4 is 0 Å². The summed E-state index contributed by atoms with van der Waals surface area (Å²) in [5.74, 6) is -0.144. The van der Waals surface area contributed by atoms with Crippen LogP contribution in [0.25, 0.3) is 17.0 Å². The van der Waals surface area contributed by atoms with E-state index in [4.69, 9.17) is 0 Å². The molecule has 0 radical (unpaired) electrons. The van der Waals surface area contributed by atoms with Crippen LogP contribution in [0.1, 0.15) is 24.8 Å². The van der Waals surface area contributed by atoms with Gasteiger partial charge in [0.2, 0.25) is 5.91 Å². The summed E-state index contributed by atoms with van der Waals surface area (Å²) < 4.78 is 0. The maximum absolute atomic E-state index is 12.3. The number of carbonyl (C=O) groups is 1. The monoisotopic (exact) mass is 291 g/mol. The molecular formula is C18H17N3O. The van der Waals surface area contributed by atoms with Crippen molar-refractivity contribution in [3.05, 3.63) is 48.2 Å². The summed E-state index contributed by atoms with van der Waals surface area (Å²) in [4.78, 5) is 18.2. The summed E-state index contributed by atoms with van der Waals surface area (Å²) in [6.45, 7) is 0. The molecule has 1 aromatic carbocycles. The molecule has 1 amide bonds. The Labute approximate surface area is 129 Å². The summed E-state index contributed by atoms with van der Waals surface area (Å²) in [6, 6.07) is 12.0. The topological polar surface area (TPSA) is 57.0 Å². The Morgan fingerprint density at radius 2 is 2.14 bits per heavy atom. The molecule has 1 aliphatic rings. The van der Waals surface area contributed by atoms with Crippen LogP contribution in [0.15, 0.2) is 42.6 Å². The fourth-order valence-electron chi connectivity index (χ4n) is 2.78. The predicted molar refractivity (Wildman–Crippen MR) is 85.7 cm³/mol. The van der Waals surface area contributed by atoms with Gasteiger partial charge in [0, 0.05) is 30.3 Å². The average molecular weight is 291 g/mol. The molecule has 0 N–H and O–H groups in total. The van der Waals surface area contributed by atoms with Crippen molar-refractivity contribution in [2.45, 2.75) is 24.8 Å². The largest absolute Gasteiger partial charge is 0.323 e. The maximum atomic E-state index is 12.3. The molecule has 22 heavy (non-hydrogen) atoms. The number of benzene rings is 1. The Morgan fingerprint density at radius 3 is 2.82 bits per heavy atom. The minimum Gasteiger partial charge on any atom is -0.323 e. The van der Waals surface area contributed by atoms with E-state index < -0.39 is 5.54 Å². The van der Waals surface area contributed by atoms with Gasteiger partial charge in [-0.3, -0.25) is 9.78 Å². The highest BCUT2D eigenvalue weighted by molar-refractivity contribution is 5.95. The van der Waals surface area contributed by atoms with E-state index in [-0.39, 0.29) is 5.91 Å². The van der Waals surface area contributed by atoms with E-state index in [0.29, 0.717) is 0 Å². The minimum atomic E-state index is -0.613. The van der Waals surface area contributed by atoms with Crippen molar-refractivity contribution in [3.63, 3.8) is 0 Å². The van der Waals surface area contributed by atoms with Gasteiger partial charge in [-0.2, -0.15) is 5.26 Å². The molecule has 1 saturated carbocycles. The highest BCUT2D eigenvalue weighted by Gasteiger charge is 2.42. The third-order valence-corrected chi connectivity index (χ3v) is 4.43. The third-order valence-electron chi connectivity index (χ3n) is 4.43. The van der Waals surface area contributed by atoms with Crippen LogP contribution in [0, 0.1) is 11.3 Å². The molecule has 1 aromatic heterocycles. The van der Waals surface area contributed by atoms with E-state index in [1.807, 2.05) is 30.3 Å². The van der Waals surface area contributed by atoms with Crippen molar-refractivity contribution in [1.29, 1.82) is 5.26 Å². The molecule has 0 bridgehead atoms. The number of pyridine rings is 1. The normalized spacial score (nSPS) is 16.2. The van der Waals surface area contributed by atoms with E-state index in [0.717, 1.165) is 35.7 Å². The van der Waals surface area contributed by atoms with Crippen molar-refractivity contribution in [2.75, 3.05) is 7.05 Å². The fraction of sp³-hybridized carbons (Fsp3) is 0.278. The zero-order chi connectivity index (χ0) is 15.6. The second-order valence-corrected chi connectivity index (χ2v) is 5.65. The first-order valence-electron chi connectivity index (χ1n) is 7.37. The molecule has 0 spiro atoms. The van der Waals surface area contributed by atoms with Crippen LogP contribution in [-0.2, 0) is 4.79 Å². The van der Waals surface area contributed by atoms with E-state index >= 15 is 0 Å². The average Bonchev–Trinajstić information content (AvgIpc) is 2.52. The highest BCUT2D eigenvalue weighted by Crippen LogP contribution is 2.36. The van der Waals surface area contributed by atoms with Gasteiger partial charge in [0.05, 0.1) is 11.6 Å². The standard InChI is InChI=1S/C18H17N3O/c1-21(18(13-19)10-4-11-18)16(22)9-8-15-6-2-5-14-7-3-12-20-17(14)15/h2-3,5-9,12H,4,10-11H2,1H3/b9-8+. The highest BCUT2D eigenvalue weighted by atomic mass is 16.2. The second kappa shape index (κ2) is 5.61. The summed E-state index contributed by atoms with van der Waals surface area (Å²) in [5, 5.41) is 10.3. The third kappa shape index (κ3) is 2.35. The molecule has 110 valence electrons. The number of rotatable bonds is 3. The van der Waals surface area contributed by atoms with Gasteiger partial charge in [0.1, 0.15) is 5.54 Å². The molecule has 4 heteroatoms. The zero-order valence-corrected chi connectivity index (χ0v) is 12.5. The lowest BCUT2D eigenvalue weighted by Gasteiger charge is -2.42. The Hall–Kier alpha value is -2.67. The Bertz CT molecular complexity index is 779. The first-order chi connectivity index (χ1) is 10.7. The molecule has 4 nitrogen and oxygen atoms in total. The first kappa shape index (κ1) is 14.3. The number of aromatic nitrogens is 1. The number of carbonyl (C=O) groups excluding carboxylic acids is 1. The Kier molecular flexibility index (Phi) is 3.64. The molecule has 0 atom stereocenters. The van der Waals surface area contributed by atoms with Gasteiger partial charge in [-0.1, -0.05) is 24.3 Å². The van der Waals surface area contributed by atoms with Crippen molar-refractivity contribution < 1.29 is 4.79 Å². The summed E-state index contributed by atoms with van der Waals surface area (Å²) in [7, 11) is 1.70. The van der Waals surface area contributed by atoms with Crippen LogP contribution in [0.4, 0.5) is 0 Å². The van der Waals surface area contributed by atoms with Gasteiger partial charge >= 0.3 is 0 Å². The fourth-order valence-corrected chi connectivity index (χ4v) is 2.78. The lowest BCUT2D eigenvalue weighted by Crippen LogP contribution is -2.52. The summed E-state index contributed by atoms with van der Waals surface area (Å²) in [5.41, 5.74) is 1.16. The lowest BCUT2D eigenvalue weighted by molar-refractivity contribution is -0.130. The molecule has 1 aliphatic carbocycles. The van der Waals surface area contributed by atoms with Crippen LogP contribution in [-0.4, -0.2) is 28.4 Å².